The van der Waals surface area contributed by atoms with Gasteiger partial charge in [0.25, 0.3) is 0 Å². The van der Waals surface area contributed by atoms with Crippen molar-refractivity contribution in [1.29, 1.82) is 5.26 Å². The lowest BCUT2D eigenvalue weighted by molar-refractivity contribution is -0.148. The number of nitriles is 1. The Morgan fingerprint density at radius 1 is 1.18 bits per heavy atom. The summed E-state index contributed by atoms with van der Waals surface area (Å²) in [6, 6.07) is 12.8. The number of hydrogen-bond donors (Lipinski definition) is 0. The molecule has 0 spiro atoms. The van der Waals surface area contributed by atoms with Crippen molar-refractivity contribution in [3.8, 4) is 23.1 Å². The number of carbonyl (C=O) groups excluding carboxylic acids is 3. The first kappa shape index (κ1) is 25.9. The molecular formula is C29H24N2O8. The predicted octanol–water partition coefficient (Wildman–Crippen LogP) is 3.72. The van der Waals surface area contributed by atoms with Crippen molar-refractivity contribution in [2.45, 2.75) is 38.4 Å². The number of carbonyl (C=O) groups is 3. The lowest BCUT2D eigenvalue weighted by Crippen LogP contribution is -2.62. The average Bonchev–Trinajstić information content (AvgIpc) is 2.93. The van der Waals surface area contributed by atoms with Gasteiger partial charge in [0.15, 0.2) is 11.4 Å². The normalized spacial score (nSPS) is 23.4. The van der Waals surface area contributed by atoms with Crippen LogP contribution in [0.1, 0.15) is 53.0 Å². The second kappa shape index (κ2) is 10.2. The molecule has 1 aliphatic heterocycles. The Hall–Kier alpha value is -4.78. The van der Waals surface area contributed by atoms with Crippen LogP contribution in [0.25, 0.3) is 11.3 Å². The summed E-state index contributed by atoms with van der Waals surface area (Å²) in [6.45, 7) is 2.97. The zero-order valence-electron chi connectivity index (χ0n) is 21.2. The largest absolute Gasteiger partial charge is 0.482 e. The van der Waals surface area contributed by atoms with Crippen LogP contribution < -0.4 is 10.4 Å². The molecule has 2 aliphatic rings. The molecule has 4 atom stereocenters. The van der Waals surface area contributed by atoms with Crippen LogP contribution in [-0.2, 0) is 14.3 Å². The maximum Gasteiger partial charge on any atom is 0.351 e. The van der Waals surface area contributed by atoms with E-state index in [0.29, 0.717) is 11.1 Å². The van der Waals surface area contributed by atoms with E-state index in [1.54, 1.807) is 25.3 Å². The summed E-state index contributed by atoms with van der Waals surface area (Å²) >= 11 is 0. The van der Waals surface area contributed by atoms with Gasteiger partial charge in [-0.1, -0.05) is 0 Å². The van der Waals surface area contributed by atoms with Crippen LogP contribution in [0.4, 0.5) is 0 Å². The smallest absolute Gasteiger partial charge is 0.351 e. The monoisotopic (exact) mass is 528 g/mol. The van der Waals surface area contributed by atoms with E-state index in [9.17, 15) is 19.2 Å². The first-order chi connectivity index (χ1) is 18.7. The van der Waals surface area contributed by atoms with E-state index in [1.165, 1.54) is 43.5 Å². The van der Waals surface area contributed by atoms with Crippen molar-refractivity contribution in [3.63, 3.8) is 0 Å². The maximum absolute atomic E-state index is 13.7. The molecular weight excluding hydrogens is 504 g/mol. The van der Waals surface area contributed by atoms with Crippen LogP contribution >= 0.6 is 0 Å². The molecule has 1 fully saturated rings. The number of ether oxygens (including phenoxy) is 3. The van der Waals surface area contributed by atoms with Crippen molar-refractivity contribution >= 4 is 17.7 Å². The number of benzene rings is 1. The van der Waals surface area contributed by atoms with Gasteiger partial charge in [-0.2, -0.15) is 5.26 Å². The summed E-state index contributed by atoms with van der Waals surface area (Å²) in [5.74, 6) is -2.62. The number of fused-ring (bicyclic) bond motifs is 2. The Balaban J connectivity index is 1.52. The van der Waals surface area contributed by atoms with Crippen LogP contribution in [0.3, 0.4) is 0 Å². The number of nitrogens with zero attached hydrogens (tertiary/aromatic N) is 2. The molecule has 1 aromatic carbocycles. The molecule has 0 radical (unpaired) electrons. The Labute approximate surface area is 223 Å². The second-order valence-corrected chi connectivity index (χ2v) is 9.80. The fourth-order valence-corrected chi connectivity index (χ4v) is 5.18. The molecule has 198 valence electrons. The van der Waals surface area contributed by atoms with Crippen molar-refractivity contribution in [1.82, 2.24) is 4.98 Å². The fraction of sp³-hybridized carbons (Fsp3) is 0.310. The molecule has 0 bridgehead atoms. The predicted molar refractivity (Wildman–Crippen MR) is 135 cm³/mol. The minimum atomic E-state index is -1.32. The lowest BCUT2D eigenvalue weighted by atomic mass is 9.66. The van der Waals surface area contributed by atoms with Crippen LogP contribution in [-0.4, -0.2) is 41.0 Å². The summed E-state index contributed by atoms with van der Waals surface area (Å²) in [5.41, 5.74) is -1.24. The van der Waals surface area contributed by atoms with Crippen molar-refractivity contribution in [2.24, 2.45) is 11.8 Å². The molecule has 3 heterocycles. The zero-order valence-corrected chi connectivity index (χ0v) is 21.2. The number of pyridine rings is 1. The Morgan fingerprint density at radius 3 is 2.62 bits per heavy atom. The molecule has 0 unspecified atom stereocenters. The van der Waals surface area contributed by atoms with Crippen molar-refractivity contribution < 1.29 is 33.0 Å². The van der Waals surface area contributed by atoms with Crippen molar-refractivity contribution in [2.75, 3.05) is 6.61 Å². The molecule has 1 aliphatic carbocycles. The molecule has 10 heteroatoms. The van der Waals surface area contributed by atoms with Gasteiger partial charge in [-0.15, -0.1) is 0 Å². The minimum absolute atomic E-state index is 0.0154. The topological polar surface area (TPSA) is 146 Å². The Bertz CT molecular complexity index is 1540. The number of aromatic nitrogens is 1. The molecule has 2 aromatic heterocycles. The maximum atomic E-state index is 13.7. The van der Waals surface area contributed by atoms with Gasteiger partial charge in [-0.3, -0.25) is 14.6 Å². The number of hydrogen-bond acceptors (Lipinski definition) is 10. The molecule has 0 amide bonds. The second-order valence-electron chi connectivity index (χ2n) is 9.80. The van der Waals surface area contributed by atoms with Crippen LogP contribution in [0.5, 0.6) is 5.75 Å². The summed E-state index contributed by atoms with van der Waals surface area (Å²) in [6.07, 6.45) is 2.67. The number of ketones is 1. The fourth-order valence-electron chi connectivity index (χ4n) is 5.18. The highest BCUT2D eigenvalue weighted by Crippen LogP contribution is 2.48. The summed E-state index contributed by atoms with van der Waals surface area (Å²) in [5, 5.41) is 9.04. The highest BCUT2D eigenvalue weighted by atomic mass is 16.6. The van der Waals surface area contributed by atoms with E-state index in [0.717, 1.165) is 0 Å². The average molecular weight is 529 g/mol. The quantitative estimate of drug-likeness (QED) is 0.449. The van der Waals surface area contributed by atoms with E-state index in [1.807, 2.05) is 6.07 Å². The van der Waals surface area contributed by atoms with Crippen LogP contribution in [0.15, 0.2) is 64.1 Å². The molecule has 1 saturated carbocycles. The molecule has 0 saturated heterocycles. The third-order valence-electron chi connectivity index (χ3n) is 7.22. The molecule has 39 heavy (non-hydrogen) atoms. The van der Waals surface area contributed by atoms with Crippen molar-refractivity contribution in [3.05, 3.63) is 82.0 Å². The van der Waals surface area contributed by atoms with Gasteiger partial charge in [0, 0.05) is 30.9 Å². The zero-order chi connectivity index (χ0) is 27.7. The third-order valence-corrected chi connectivity index (χ3v) is 7.22. The van der Waals surface area contributed by atoms with Gasteiger partial charge < -0.3 is 18.6 Å². The van der Waals surface area contributed by atoms with E-state index in [-0.39, 0.29) is 48.0 Å². The standard InChI is InChI=1S/C29H24N2O8/c1-16(32)36-15-18-10-21-26(33)25-23(12-22(37-28(25)35)20-4-3-9-31-14-20)39-29(21,2)24(11-18)38-27(34)19-7-5-17(13-30)6-8-19/h3-9,12,14,18,21,24H,10-11,15H2,1-2H3/t18-,21-,24-,29-/m0/s1. The first-order valence-electron chi connectivity index (χ1n) is 12.4. The number of Topliss-reactive ketones (excluding diaryl/α,β-unsaturated/α-hetero) is 1. The van der Waals surface area contributed by atoms with Gasteiger partial charge in [-0.05, 0) is 62.1 Å². The van der Waals surface area contributed by atoms with Gasteiger partial charge in [0.2, 0.25) is 0 Å². The van der Waals surface area contributed by atoms with Gasteiger partial charge in [0.05, 0.1) is 29.7 Å². The third kappa shape index (κ3) is 4.91. The van der Waals surface area contributed by atoms with E-state index >= 15 is 0 Å². The summed E-state index contributed by atoms with van der Waals surface area (Å²) in [4.78, 5) is 55.4. The minimum Gasteiger partial charge on any atom is -0.482 e. The van der Waals surface area contributed by atoms with E-state index < -0.39 is 41.0 Å². The van der Waals surface area contributed by atoms with Crippen LogP contribution in [0.2, 0.25) is 0 Å². The highest BCUT2D eigenvalue weighted by Gasteiger charge is 2.58. The molecule has 0 N–H and O–H groups in total. The molecule has 3 aromatic rings. The summed E-state index contributed by atoms with van der Waals surface area (Å²) < 4.78 is 22.9. The number of rotatable bonds is 5. The van der Waals surface area contributed by atoms with E-state index in [2.05, 4.69) is 4.98 Å². The highest BCUT2D eigenvalue weighted by molar-refractivity contribution is 6.02. The van der Waals surface area contributed by atoms with E-state index in [4.69, 9.17) is 23.9 Å². The molecule has 10 nitrogen and oxygen atoms in total. The van der Waals surface area contributed by atoms with Crippen LogP contribution in [0, 0.1) is 23.2 Å². The van der Waals surface area contributed by atoms with Gasteiger partial charge in [-0.25, -0.2) is 9.59 Å². The molecule has 5 rings (SSSR count). The lowest BCUT2D eigenvalue weighted by Gasteiger charge is -2.49. The Morgan fingerprint density at radius 2 is 1.95 bits per heavy atom. The Kier molecular flexibility index (Phi) is 6.74. The summed E-state index contributed by atoms with van der Waals surface area (Å²) in [7, 11) is 0. The number of esters is 2. The van der Waals surface area contributed by atoms with Gasteiger partial charge >= 0.3 is 17.6 Å². The SMILES string of the molecule is CC(=O)OC[C@@H]1C[C@H](OC(=O)c2ccc(C#N)cc2)[C@@]2(C)Oc3cc(-c4cccnc4)oc(=O)c3C(=O)[C@@H]2C1. The van der Waals surface area contributed by atoms with Gasteiger partial charge in [0.1, 0.15) is 23.2 Å². The first-order valence-corrected chi connectivity index (χ1v) is 12.4.